The van der Waals surface area contributed by atoms with E-state index < -0.39 is 0 Å². The van der Waals surface area contributed by atoms with Gasteiger partial charge in [0.25, 0.3) is 0 Å². The van der Waals surface area contributed by atoms with Crippen molar-refractivity contribution in [1.29, 1.82) is 0 Å². The lowest BCUT2D eigenvalue weighted by Crippen LogP contribution is -1.93. The Hall–Kier alpha value is -3.62. The number of aromatic nitrogens is 2. The van der Waals surface area contributed by atoms with Gasteiger partial charge in [-0.25, -0.2) is 0 Å². The predicted molar refractivity (Wildman–Crippen MR) is 187 cm³/mol. The summed E-state index contributed by atoms with van der Waals surface area (Å²) >= 11 is 4.73. The zero-order valence-corrected chi connectivity index (χ0v) is 25.8. The second-order valence-corrected chi connectivity index (χ2v) is 12.2. The van der Waals surface area contributed by atoms with E-state index in [1.165, 1.54) is 62.1 Å². The van der Waals surface area contributed by atoms with Crippen molar-refractivity contribution < 1.29 is 0 Å². The fourth-order valence-corrected chi connectivity index (χ4v) is 6.69. The number of hydrogen-bond acceptors (Lipinski definition) is 0. The van der Waals surface area contributed by atoms with Crippen molar-refractivity contribution in [3.63, 3.8) is 0 Å². The largest absolute Gasteiger partial charge is 0.309 e. The molecule has 0 N–H and O–H groups in total. The van der Waals surface area contributed by atoms with Crippen LogP contribution < -0.4 is 0 Å². The Morgan fingerprint density at radius 1 is 0.325 bits per heavy atom. The number of fused-ring (bicyclic) bond motifs is 6. The molecule has 6 aromatic carbocycles. The third-order valence-electron chi connectivity index (χ3n) is 7.29. The maximum atomic E-state index is 2.36. The molecule has 0 radical (unpaired) electrons. The summed E-state index contributed by atoms with van der Waals surface area (Å²) in [5.74, 6) is 0. The smallest absolute Gasteiger partial charge is 0.0541 e. The minimum Gasteiger partial charge on any atom is -0.309 e. The van der Waals surface area contributed by atoms with E-state index in [1.807, 2.05) is 0 Å². The van der Waals surface area contributed by atoms with Gasteiger partial charge in [-0.1, -0.05) is 84.9 Å². The number of nitrogens with zero attached hydrogens (tertiary/aromatic N) is 2. The van der Waals surface area contributed by atoms with Gasteiger partial charge < -0.3 is 9.13 Å². The van der Waals surface area contributed by atoms with Gasteiger partial charge in [0.15, 0.2) is 0 Å². The molecule has 0 atom stereocenters. The Bertz CT molecular complexity index is 1890. The quantitative estimate of drug-likeness (QED) is 0.156. The normalized spacial score (nSPS) is 11.2. The Balaban J connectivity index is 0.000000132. The van der Waals surface area contributed by atoms with E-state index in [9.17, 15) is 0 Å². The molecule has 2 heterocycles. The van der Waals surface area contributed by atoms with Crippen LogP contribution >= 0.6 is 45.2 Å². The zero-order valence-electron chi connectivity index (χ0n) is 21.5. The van der Waals surface area contributed by atoms with Gasteiger partial charge in [0, 0.05) is 40.1 Å². The Morgan fingerprint density at radius 2 is 0.625 bits per heavy atom. The molecular formula is C36H24I2N2. The van der Waals surface area contributed by atoms with Gasteiger partial charge in [-0.05, 0) is 106 Å². The summed E-state index contributed by atoms with van der Waals surface area (Å²) in [5.41, 5.74) is 7.47. The molecule has 0 bridgehead atoms. The first-order valence-corrected chi connectivity index (χ1v) is 15.3. The summed E-state index contributed by atoms with van der Waals surface area (Å²) in [6.07, 6.45) is 0. The van der Waals surface area contributed by atoms with Crippen LogP contribution in [0.15, 0.2) is 146 Å². The van der Waals surface area contributed by atoms with E-state index in [0.29, 0.717) is 0 Å². The van der Waals surface area contributed by atoms with E-state index in [4.69, 9.17) is 0 Å². The number of hydrogen-bond donors (Lipinski definition) is 0. The lowest BCUT2D eigenvalue weighted by Gasteiger charge is -2.07. The molecule has 0 saturated heterocycles. The SMILES string of the molecule is Ic1cccc(-n2c3ccccc3c3ccccc32)c1.Ic1cccc(-n2c3ccccc3c3ccccc32)c1. The molecule has 8 aromatic rings. The van der Waals surface area contributed by atoms with Crippen molar-refractivity contribution in [1.82, 2.24) is 9.13 Å². The van der Waals surface area contributed by atoms with Crippen LogP contribution in [0.1, 0.15) is 0 Å². The zero-order chi connectivity index (χ0) is 27.1. The monoisotopic (exact) mass is 738 g/mol. The highest BCUT2D eigenvalue weighted by molar-refractivity contribution is 14.1. The van der Waals surface area contributed by atoms with Crippen LogP contribution in [0.3, 0.4) is 0 Å². The topological polar surface area (TPSA) is 9.86 Å². The van der Waals surface area contributed by atoms with Crippen molar-refractivity contribution in [3.05, 3.63) is 153 Å². The van der Waals surface area contributed by atoms with Crippen LogP contribution in [0.4, 0.5) is 0 Å². The summed E-state index contributed by atoms with van der Waals surface area (Å²) < 4.78 is 7.18. The minimum atomic E-state index is 1.22. The van der Waals surface area contributed by atoms with E-state index in [0.717, 1.165) is 0 Å². The first kappa shape index (κ1) is 25.4. The molecule has 0 aliphatic heterocycles. The van der Waals surface area contributed by atoms with Gasteiger partial charge in [0.2, 0.25) is 0 Å². The second kappa shape index (κ2) is 10.7. The van der Waals surface area contributed by atoms with E-state index >= 15 is 0 Å². The third-order valence-corrected chi connectivity index (χ3v) is 8.63. The molecule has 4 heteroatoms. The Labute approximate surface area is 260 Å². The van der Waals surface area contributed by atoms with Crippen molar-refractivity contribution in [2.75, 3.05) is 0 Å². The van der Waals surface area contributed by atoms with Gasteiger partial charge in [-0.15, -0.1) is 0 Å². The highest BCUT2D eigenvalue weighted by Gasteiger charge is 2.12. The molecule has 0 fully saturated rings. The van der Waals surface area contributed by atoms with Crippen LogP contribution in [0.2, 0.25) is 0 Å². The fourth-order valence-electron chi connectivity index (χ4n) is 5.63. The van der Waals surface area contributed by atoms with Gasteiger partial charge in [-0.3, -0.25) is 0 Å². The number of para-hydroxylation sites is 4. The van der Waals surface area contributed by atoms with E-state index in [1.54, 1.807) is 0 Å². The predicted octanol–water partition coefficient (Wildman–Crippen LogP) is 10.8. The van der Waals surface area contributed by atoms with Gasteiger partial charge in [0.05, 0.1) is 22.1 Å². The van der Waals surface area contributed by atoms with Crippen LogP contribution in [-0.4, -0.2) is 9.13 Å². The van der Waals surface area contributed by atoms with Crippen molar-refractivity contribution in [3.8, 4) is 11.4 Å². The highest BCUT2D eigenvalue weighted by atomic mass is 127. The number of halogens is 2. The standard InChI is InChI=1S/2C18H12IN/c2*19-13-6-5-7-14(12-13)20-17-10-3-1-8-15(17)16-9-2-4-11-18(16)20/h2*1-12H. The molecule has 0 aliphatic carbocycles. The van der Waals surface area contributed by atoms with E-state index in [-0.39, 0.29) is 0 Å². The molecular weight excluding hydrogens is 714 g/mol. The molecule has 2 nitrogen and oxygen atoms in total. The summed E-state index contributed by atoms with van der Waals surface area (Å²) in [6, 6.07) is 51.6. The molecule has 0 spiro atoms. The average molecular weight is 738 g/mol. The number of benzene rings is 6. The van der Waals surface area contributed by atoms with Crippen LogP contribution in [0.25, 0.3) is 55.0 Å². The summed E-state index contributed by atoms with van der Waals surface area (Å²) in [7, 11) is 0. The molecule has 0 amide bonds. The first-order valence-electron chi connectivity index (χ1n) is 13.2. The van der Waals surface area contributed by atoms with Gasteiger partial charge in [-0.2, -0.15) is 0 Å². The van der Waals surface area contributed by atoms with Gasteiger partial charge in [0.1, 0.15) is 0 Å². The average Bonchev–Trinajstić information content (AvgIpc) is 3.51. The lowest BCUT2D eigenvalue weighted by atomic mass is 10.2. The van der Waals surface area contributed by atoms with Crippen LogP contribution in [-0.2, 0) is 0 Å². The minimum absolute atomic E-state index is 1.22. The van der Waals surface area contributed by atoms with Crippen LogP contribution in [0, 0.1) is 7.14 Å². The highest BCUT2D eigenvalue weighted by Crippen LogP contribution is 2.33. The summed E-state index contributed by atoms with van der Waals surface area (Å²) in [5, 5.41) is 5.23. The van der Waals surface area contributed by atoms with E-state index in [2.05, 4.69) is 200 Å². The Kier molecular flexibility index (Phi) is 6.81. The molecule has 8 rings (SSSR count). The Morgan fingerprint density at radius 3 is 0.925 bits per heavy atom. The second-order valence-electron chi connectivity index (χ2n) is 9.70. The first-order chi connectivity index (χ1) is 19.7. The summed E-state index contributed by atoms with van der Waals surface area (Å²) in [6.45, 7) is 0. The molecule has 0 saturated carbocycles. The molecule has 40 heavy (non-hydrogen) atoms. The van der Waals surface area contributed by atoms with Crippen molar-refractivity contribution in [2.24, 2.45) is 0 Å². The maximum Gasteiger partial charge on any atom is 0.0541 e. The molecule has 192 valence electrons. The fraction of sp³-hybridized carbons (Fsp3) is 0. The number of rotatable bonds is 2. The molecule has 0 unspecified atom stereocenters. The maximum absolute atomic E-state index is 2.36. The molecule has 2 aromatic heterocycles. The molecule has 0 aliphatic rings. The third kappa shape index (κ3) is 4.49. The van der Waals surface area contributed by atoms with Crippen LogP contribution in [0.5, 0.6) is 0 Å². The van der Waals surface area contributed by atoms with Crippen molar-refractivity contribution >= 4 is 88.8 Å². The van der Waals surface area contributed by atoms with Crippen molar-refractivity contribution in [2.45, 2.75) is 0 Å². The lowest BCUT2D eigenvalue weighted by molar-refractivity contribution is 1.18. The summed E-state index contributed by atoms with van der Waals surface area (Å²) in [4.78, 5) is 0. The van der Waals surface area contributed by atoms with Gasteiger partial charge >= 0.3 is 0 Å².